The first-order valence-corrected chi connectivity index (χ1v) is 5.95. The molecule has 0 N–H and O–H groups in total. The fraction of sp³-hybridized carbons (Fsp3) is 0.538. The van der Waals surface area contributed by atoms with Gasteiger partial charge in [0.1, 0.15) is 0 Å². The predicted octanol–water partition coefficient (Wildman–Crippen LogP) is 1.65. The van der Waals surface area contributed by atoms with Crippen molar-refractivity contribution in [1.82, 2.24) is 9.47 Å². The topological polar surface area (TPSA) is 42.3 Å². The van der Waals surface area contributed by atoms with E-state index in [9.17, 15) is 9.59 Å². The van der Waals surface area contributed by atoms with Crippen LogP contribution < -0.4 is 5.56 Å². The lowest BCUT2D eigenvalue weighted by molar-refractivity contribution is 0.0705. The highest BCUT2D eigenvalue weighted by Crippen LogP contribution is 2.07. The van der Waals surface area contributed by atoms with Crippen LogP contribution >= 0.6 is 0 Å². The van der Waals surface area contributed by atoms with Crippen LogP contribution in [0.1, 0.15) is 37.6 Å². The summed E-state index contributed by atoms with van der Waals surface area (Å²) >= 11 is 0. The van der Waals surface area contributed by atoms with Crippen molar-refractivity contribution in [2.75, 3.05) is 6.54 Å². The van der Waals surface area contributed by atoms with Gasteiger partial charge in [-0.1, -0.05) is 6.92 Å². The zero-order chi connectivity index (χ0) is 13.0. The van der Waals surface area contributed by atoms with Gasteiger partial charge >= 0.3 is 0 Å². The van der Waals surface area contributed by atoms with Crippen LogP contribution in [0, 0.1) is 0 Å². The number of nitrogens with zero attached hydrogens (tertiary/aromatic N) is 2. The van der Waals surface area contributed by atoms with E-state index in [1.807, 2.05) is 20.8 Å². The Morgan fingerprint density at radius 3 is 2.59 bits per heavy atom. The summed E-state index contributed by atoms with van der Waals surface area (Å²) in [6.07, 6.45) is 2.54. The molecule has 0 saturated carbocycles. The molecule has 1 heterocycles. The second-order valence-corrected chi connectivity index (χ2v) is 4.46. The number of aryl methyl sites for hydroxylation is 1. The Bertz CT molecular complexity index is 449. The zero-order valence-corrected chi connectivity index (χ0v) is 10.9. The molecule has 1 rings (SSSR count). The molecule has 0 atom stereocenters. The highest BCUT2D eigenvalue weighted by Gasteiger charge is 2.18. The maximum absolute atomic E-state index is 12.2. The highest BCUT2D eigenvalue weighted by molar-refractivity contribution is 5.94. The third-order valence-corrected chi connectivity index (χ3v) is 2.70. The lowest BCUT2D eigenvalue weighted by Gasteiger charge is -2.26. The van der Waals surface area contributed by atoms with Crippen molar-refractivity contribution < 1.29 is 4.79 Å². The van der Waals surface area contributed by atoms with Crippen molar-refractivity contribution in [2.24, 2.45) is 7.05 Å². The summed E-state index contributed by atoms with van der Waals surface area (Å²) in [5, 5.41) is 0. The van der Waals surface area contributed by atoms with Crippen LogP contribution in [-0.4, -0.2) is 28.0 Å². The van der Waals surface area contributed by atoms with Crippen LogP contribution in [0.2, 0.25) is 0 Å². The molecule has 94 valence electrons. The maximum atomic E-state index is 12.2. The van der Waals surface area contributed by atoms with Gasteiger partial charge in [0, 0.05) is 37.5 Å². The van der Waals surface area contributed by atoms with Gasteiger partial charge in [0.05, 0.1) is 0 Å². The van der Waals surface area contributed by atoms with Crippen LogP contribution in [0.4, 0.5) is 0 Å². The molecular formula is C13H20N2O2. The van der Waals surface area contributed by atoms with E-state index in [0.29, 0.717) is 12.1 Å². The molecule has 0 bridgehead atoms. The van der Waals surface area contributed by atoms with Gasteiger partial charge in [-0.3, -0.25) is 9.59 Å². The van der Waals surface area contributed by atoms with Gasteiger partial charge < -0.3 is 9.47 Å². The number of hydrogen-bond acceptors (Lipinski definition) is 2. The second kappa shape index (κ2) is 5.66. The fourth-order valence-corrected chi connectivity index (χ4v) is 1.68. The first-order valence-electron chi connectivity index (χ1n) is 5.95. The molecule has 17 heavy (non-hydrogen) atoms. The second-order valence-electron chi connectivity index (χ2n) is 4.46. The molecule has 0 fully saturated rings. The van der Waals surface area contributed by atoms with Gasteiger partial charge in [0.2, 0.25) is 0 Å². The molecule has 1 aromatic heterocycles. The third kappa shape index (κ3) is 3.19. The van der Waals surface area contributed by atoms with Gasteiger partial charge in [-0.15, -0.1) is 0 Å². The maximum Gasteiger partial charge on any atom is 0.254 e. The molecule has 0 spiro atoms. The highest BCUT2D eigenvalue weighted by atomic mass is 16.2. The van der Waals surface area contributed by atoms with Crippen LogP contribution in [-0.2, 0) is 7.05 Å². The van der Waals surface area contributed by atoms with Crippen molar-refractivity contribution in [3.63, 3.8) is 0 Å². The van der Waals surface area contributed by atoms with E-state index in [-0.39, 0.29) is 17.5 Å². The van der Waals surface area contributed by atoms with Gasteiger partial charge in [-0.25, -0.2) is 0 Å². The average molecular weight is 236 g/mol. The van der Waals surface area contributed by atoms with Crippen LogP contribution in [0.5, 0.6) is 0 Å². The zero-order valence-electron chi connectivity index (χ0n) is 10.9. The summed E-state index contributed by atoms with van der Waals surface area (Å²) in [6.45, 7) is 6.71. The minimum Gasteiger partial charge on any atom is -0.336 e. The number of carbonyl (C=O) groups excluding carboxylic acids is 1. The molecule has 4 heteroatoms. The Kier molecular flexibility index (Phi) is 4.49. The van der Waals surface area contributed by atoms with E-state index in [2.05, 4.69) is 0 Å². The van der Waals surface area contributed by atoms with E-state index < -0.39 is 0 Å². The lowest BCUT2D eigenvalue weighted by atomic mass is 10.2. The van der Waals surface area contributed by atoms with Crippen LogP contribution in [0.25, 0.3) is 0 Å². The molecular weight excluding hydrogens is 216 g/mol. The summed E-state index contributed by atoms with van der Waals surface area (Å²) in [7, 11) is 1.67. The Hall–Kier alpha value is -1.58. The van der Waals surface area contributed by atoms with E-state index in [1.54, 1.807) is 24.2 Å². The quantitative estimate of drug-likeness (QED) is 0.797. The van der Waals surface area contributed by atoms with Crippen molar-refractivity contribution in [2.45, 2.75) is 33.2 Å². The monoisotopic (exact) mass is 236 g/mol. The Labute approximate surface area is 102 Å². The van der Waals surface area contributed by atoms with Gasteiger partial charge in [-0.2, -0.15) is 0 Å². The molecule has 0 aromatic carbocycles. The van der Waals surface area contributed by atoms with Crippen molar-refractivity contribution in [3.05, 3.63) is 34.2 Å². The molecule has 1 aromatic rings. The van der Waals surface area contributed by atoms with Crippen molar-refractivity contribution >= 4 is 5.91 Å². The lowest BCUT2D eigenvalue weighted by Crippen LogP contribution is -2.38. The van der Waals surface area contributed by atoms with Crippen molar-refractivity contribution in [3.8, 4) is 0 Å². The summed E-state index contributed by atoms with van der Waals surface area (Å²) in [6, 6.07) is 3.23. The van der Waals surface area contributed by atoms with Gasteiger partial charge in [0.25, 0.3) is 11.5 Å². The van der Waals surface area contributed by atoms with Gasteiger partial charge in [-0.05, 0) is 26.3 Å². The summed E-state index contributed by atoms with van der Waals surface area (Å²) in [5.41, 5.74) is 0.311. The molecule has 0 aliphatic heterocycles. The number of carbonyl (C=O) groups is 1. The summed E-state index contributed by atoms with van der Waals surface area (Å²) < 4.78 is 1.45. The number of rotatable bonds is 4. The average Bonchev–Trinajstić information content (AvgIpc) is 2.28. The minimum atomic E-state index is -0.156. The number of hydrogen-bond donors (Lipinski definition) is 0. The number of pyridine rings is 1. The number of aromatic nitrogens is 1. The van der Waals surface area contributed by atoms with Crippen LogP contribution in [0.3, 0.4) is 0 Å². The van der Waals surface area contributed by atoms with Crippen molar-refractivity contribution in [1.29, 1.82) is 0 Å². The molecule has 0 aliphatic carbocycles. The molecule has 1 amide bonds. The summed E-state index contributed by atoms with van der Waals surface area (Å²) in [5.74, 6) is -0.0699. The SMILES string of the molecule is CCCN(C(=O)c1ccn(C)c(=O)c1)C(C)C. The standard InChI is InChI=1S/C13H20N2O2/c1-5-7-15(10(2)3)13(17)11-6-8-14(4)12(16)9-11/h6,8-10H,5,7H2,1-4H3. The Morgan fingerprint density at radius 1 is 1.47 bits per heavy atom. The molecule has 0 radical (unpaired) electrons. The minimum absolute atomic E-state index is 0.0699. The van der Waals surface area contributed by atoms with E-state index in [1.165, 1.54) is 10.6 Å². The number of amides is 1. The predicted molar refractivity (Wildman–Crippen MR) is 68.1 cm³/mol. The Morgan fingerprint density at radius 2 is 2.12 bits per heavy atom. The largest absolute Gasteiger partial charge is 0.336 e. The molecule has 0 saturated heterocycles. The normalized spacial score (nSPS) is 10.6. The first-order chi connectivity index (χ1) is 7.97. The fourth-order valence-electron chi connectivity index (χ4n) is 1.68. The van der Waals surface area contributed by atoms with Crippen LogP contribution in [0.15, 0.2) is 23.1 Å². The summed E-state index contributed by atoms with van der Waals surface area (Å²) in [4.78, 5) is 25.5. The van der Waals surface area contributed by atoms with E-state index >= 15 is 0 Å². The molecule has 4 nitrogen and oxygen atoms in total. The van der Waals surface area contributed by atoms with Gasteiger partial charge in [0.15, 0.2) is 0 Å². The smallest absolute Gasteiger partial charge is 0.254 e. The Balaban J connectivity index is 3.01. The first kappa shape index (κ1) is 13.5. The third-order valence-electron chi connectivity index (χ3n) is 2.70. The van der Waals surface area contributed by atoms with E-state index in [0.717, 1.165) is 6.42 Å². The molecule has 0 aliphatic rings. The molecule has 0 unspecified atom stereocenters. The van der Waals surface area contributed by atoms with E-state index in [4.69, 9.17) is 0 Å².